The van der Waals surface area contributed by atoms with Crippen molar-refractivity contribution < 1.29 is 14.0 Å². The first-order valence-corrected chi connectivity index (χ1v) is 9.11. The predicted octanol–water partition coefficient (Wildman–Crippen LogP) is 2.76. The summed E-state index contributed by atoms with van der Waals surface area (Å²) in [5, 5.41) is 3.26. The van der Waals surface area contributed by atoms with Gasteiger partial charge in [-0.2, -0.15) is 0 Å². The van der Waals surface area contributed by atoms with Crippen LogP contribution in [-0.4, -0.2) is 41.3 Å². The molecule has 2 heterocycles. The van der Waals surface area contributed by atoms with Crippen LogP contribution in [0, 0.1) is 0 Å². The van der Waals surface area contributed by atoms with Gasteiger partial charge in [0.25, 0.3) is 0 Å². The zero-order chi connectivity index (χ0) is 18.5. The molecule has 1 aliphatic rings. The van der Waals surface area contributed by atoms with Gasteiger partial charge in [0.1, 0.15) is 5.76 Å². The van der Waals surface area contributed by atoms with Crippen molar-refractivity contribution in [2.75, 3.05) is 19.6 Å². The van der Waals surface area contributed by atoms with E-state index >= 15 is 0 Å². The van der Waals surface area contributed by atoms with Gasteiger partial charge in [0.15, 0.2) is 5.89 Å². The van der Waals surface area contributed by atoms with Crippen LogP contribution in [0.2, 0.25) is 5.02 Å². The maximum atomic E-state index is 12.2. The Morgan fingerprint density at radius 3 is 2.96 bits per heavy atom. The number of nitrogens with zero attached hydrogens (tertiary/aromatic N) is 2. The lowest BCUT2D eigenvalue weighted by Crippen LogP contribution is -2.44. The zero-order valence-corrected chi connectivity index (χ0v) is 15.5. The molecule has 1 atom stereocenters. The molecule has 138 valence electrons. The van der Waals surface area contributed by atoms with Crippen LogP contribution < -0.4 is 5.32 Å². The van der Waals surface area contributed by atoms with E-state index in [0.717, 1.165) is 24.2 Å². The molecule has 1 fully saturated rings. The van der Waals surface area contributed by atoms with E-state index < -0.39 is 0 Å². The van der Waals surface area contributed by atoms with Gasteiger partial charge in [0.2, 0.25) is 11.8 Å². The highest BCUT2D eigenvalue weighted by atomic mass is 35.5. The Bertz CT molecular complexity index is 790. The molecule has 1 aromatic heterocycles. The molecule has 1 aliphatic heterocycles. The van der Waals surface area contributed by atoms with Gasteiger partial charge in [-0.15, -0.1) is 0 Å². The van der Waals surface area contributed by atoms with Crippen molar-refractivity contribution in [3.63, 3.8) is 0 Å². The smallest absolute Gasteiger partial charge is 0.241 e. The normalized spacial score (nSPS) is 17.2. The van der Waals surface area contributed by atoms with Crippen molar-refractivity contribution in [1.29, 1.82) is 0 Å². The standard InChI is InChI=1S/C19H22ClN3O3/c1-13(24)21-11-18(25)23-8-4-6-15(12-23)19-22-10-16(26-19)9-14-5-2-3-7-17(14)20/h2-3,5,7,10,15H,4,6,8-9,11-12H2,1H3,(H,21,24)/t15-/m1/s1. The summed E-state index contributed by atoms with van der Waals surface area (Å²) < 4.78 is 5.93. The molecule has 26 heavy (non-hydrogen) atoms. The van der Waals surface area contributed by atoms with Crippen LogP contribution in [0.3, 0.4) is 0 Å². The van der Waals surface area contributed by atoms with E-state index in [4.69, 9.17) is 16.0 Å². The Hall–Kier alpha value is -2.34. The molecule has 1 N–H and O–H groups in total. The number of aromatic nitrogens is 1. The van der Waals surface area contributed by atoms with Crippen molar-refractivity contribution in [2.24, 2.45) is 0 Å². The number of benzene rings is 1. The number of oxazole rings is 1. The van der Waals surface area contributed by atoms with Crippen LogP contribution in [0.4, 0.5) is 0 Å². The molecule has 7 heteroatoms. The van der Waals surface area contributed by atoms with Crippen LogP contribution in [0.15, 0.2) is 34.9 Å². The number of rotatable bonds is 5. The fourth-order valence-electron chi connectivity index (χ4n) is 3.14. The lowest BCUT2D eigenvalue weighted by molar-refractivity contribution is -0.133. The molecule has 0 saturated carbocycles. The van der Waals surface area contributed by atoms with Crippen molar-refractivity contribution in [3.8, 4) is 0 Å². The number of halogens is 1. The molecule has 1 saturated heterocycles. The van der Waals surface area contributed by atoms with Gasteiger partial charge in [0.05, 0.1) is 18.7 Å². The minimum absolute atomic E-state index is 0.0331. The number of carbonyl (C=O) groups is 2. The van der Waals surface area contributed by atoms with E-state index in [9.17, 15) is 9.59 Å². The number of nitrogens with one attached hydrogen (secondary N) is 1. The average molecular weight is 376 g/mol. The summed E-state index contributed by atoms with van der Waals surface area (Å²) in [5.74, 6) is 1.21. The van der Waals surface area contributed by atoms with Gasteiger partial charge < -0.3 is 14.6 Å². The first kappa shape index (κ1) is 18.5. The molecule has 0 spiro atoms. The van der Waals surface area contributed by atoms with E-state index in [0.29, 0.717) is 30.4 Å². The number of hydrogen-bond donors (Lipinski definition) is 1. The quantitative estimate of drug-likeness (QED) is 0.871. The predicted molar refractivity (Wildman–Crippen MR) is 98.0 cm³/mol. The molecule has 0 unspecified atom stereocenters. The number of piperidine rings is 1. The Kier molecular flexibility index (Phi) is 5.93. The van der Waals surface area contributed by atoms with Gasteiger partial charge in [-0.1, -0.05) is 29.8 Å². The van der Waals surface area contributed by atoms with Crippen LogP contribution in [0.1, 0.15) is 42.9 Å². The zero-order valence-electron chi connectivity index (χ0n) is 14.7. The highest BCUT2D eigenvalue weighted by molar-refractivity contribution is 6.31. The van der Waals surface area contributed by atoms with Gasteiger partial charge in [0, 0.05) is 31.5 Å². The number of likely N-dealkylation sites (tertiary alicyclic amines) is 1. The maximum absolute atomic E-state index is 12.2. The Balaban J connectivity index is 1.62. The van der Waals surface area contributed by atoms with Crippen LogP contribution in [-0.2, 0) is 16.0 Å². The average Bonchev–Trinajstić information content (AvgIpc) is 3.10. The minimum Gasteiger partial charge on any atom is -0.445 e. The van der Waals surface area contributed by atoms with Crippen molar-refractivity contribution in [2.45, 2.75) is 32.1 Å². The SMILES string of the molecule is CC(=O)NCC(=O)N1CCC[C@@H](c2ncc(Cc3ccccc3Cl)o2)C1. The molecule has 6 nitrogen and oxygen atoms in total. The lowest BCUT2D eigenvalue weighted by atomic mass is 9.98. The lowest BCUT2D eigenvalue weighted by Gasteiger charge is -2.31. The van der Waals surface area contributed by atoms with Gasteiger partial charge >= 0.3 is 0 Å². The fraction of sp³-hybridized carbons (Fsp3) is 0.421. The third kappa shape index (κ3) is 4.64. The highest BCUT2D eigenvalue weighted by Crippen LogP contribution is 2.28. The molecule has 2 aromatic rings. The molecule has 3 rings (SSSR count). The van der Waals surface area contributed by atoms with E-state index in [-0.39, 0.29) is 24.3 Å². The second-order valence-corrected chi connectivity index (χ2v) is 6.93. The monoisotopic (exact) mass is 375 g/mol. The van der Waals surface area contributed by atoms with Gasteiger partial charge in [-0.05, 0) is 24.5 Å². The van der Waals surface area contributed by atoms with Crippen LogP contribution in [0.25, 0.3) is 0 Å². The van der Waals surface area contributed by atoms with Gasteiger partial charge in [-0.3, -0.25) is 9.59 Å². The van der Waals surface area contributed by atoms with Crippen molar-refractivity contribution >= 4 is 23.4 Å². The summed E-state index contributed by atoms with van der Waals surface area (Å²) in [5.41, 5.74) is 0.993. The Labute approximate surface area is 157 Å². The first-order chi connectivity index (χ1) is 12.5. The first-order valence-electron chi connectivity index (χ1n) is 8.73. The molecule has 0 bridgehead atoms. The third-order valence-corrected chi connectivity index (χ3v) is 4.87. The van der Waals surface area contributed by atoms with E-state index in [1.165, 1.54) is 6.92 Å². The van der Waals surface area contributed by atoms with Crippen molar-refractivity contribution in [1.82, 2.24) is 15.2 Å². The molecular weight excluding hydrogens is 354 g/mol. The second kappa shape index (κ2) is 8.36. The van der Waals surface area contributed by atoms with Crippen molar-refractivity contribution in [3.05, 3.63) is 52.7 Å². The Morgan fingerprint density at radius 1 is 1.38 bits per heavy atom. The molecular formula is C19H22ClN3O3. The van der Waals surface area contributed by atoms with Gasteiger partial charge in [-0.25, -0.2) is 4.98 Å². The van der Waals surface area contributed by atoms with Crippen LogP contribution in [0.5, 0.6) is 0 Å². The summed E-state index contributed by atoms with van der Waals surface area (Å²) in [4.78, 5) is 29.4. The third-order valence-electron chi connectivity index (χ3n) is 4.51. The van der Waals surface area contributed by atoms with Crippen LogP contribution >= 0.6 is 11.6 Å². The molecule has 0 radical (unpaired) electrons. The number of hydrogen-bond acceptors (Lipinski definition) is 4. The summed E-state index contributed by atoms with van der Waals surface area (Å²) in [6, 6.07) is 7.66. The second-order valence-electron chi connectivity index (χ2n) is 6.52. The molecule has 1 aromatic carbocycles. The number of carbonyl (C=O) groups excluding carboxylic acids is 2. The summed E-state index contributed by atoms with van der Waals surface area (Å²) in [6.45, 7) is 2.69. The Morgan fingerprint density at radius 2 is 2.19 bits per heavy atom. The summed E-state index contributed by atoms with van der Waals surface area (Å²) >= 11 is 6.20. The summed E-state index contributed by atoms with van der Waals surface area (Å²) in [7, 11) is 0. The van der Waals surface area contributed by atoms with E-state index in [2.05, 4.69) is 10.3 Å². The fourth-order valence-corrected chi connectivity index (χ4v) is 3.34. The molecule has 2 amide bonds. The van der Waals surface area contributed by atoms with E-state index in [1.54, 1.807) is 11.1 Å². The molecule has 0 aliphatic carbocycles. The summed E-state index contributed by atoms with van der Waals surface area (Å²) in [6.07, 6.45) is 4.13. The number of amides is 2. The maximum Gasteiger partial charge on any atom is 0.241 e. The topological polar surface area (TPSA) is 75.4 Å². The highest BCUT2D eigenvalue weighted by Gasteiger charge is 2.27. The minimum atomic E-state index is -0.205. The largest absolute Gasteiger partial charge is 0.445 e. The van der Waals surface area contributed by atoms with E-state index in [1.807, 2.05) is 24.3 Å².